The summed E-state index contributed by atoms with van der Waals surface area (Å²) in [6, 6.07) is 2.01. The van der Waals surface area contributed by atoms with Gasteiger partial charge < -0.3 is 14.8 Å². The Morgan fingerprint density at radius 1 is 1.50 bits per heavy atom. The Morgan fingerprint density at radius 3 is 3.00 bits per heavy atom. The van der Waals surface area contributed by atoms with E-state index < -0.39 is 0 Å². The highest BCUT2D eigenvalue weighted by Crippen LogP contribution is 2.41. The third kappa shape index (κ3) is 1.48. The standard InChI is InChI=1S/C10H12BrNO2/c1-6-9(11)7(4-12-2)3-8-10(6)14-5-13-8/h3,12H,4-5H2,1-2H3. The molecule has 0 aromatic heterocycles. The first-order chi connectivity index (χ1) is 6.74. The minimum Gasteiger partial charge on any atom is -0.454 e. The molecule has 2 rings (SSSR count). The van der Waals surface area contributed by atoms with E-state index in [2.05, 4.69) is 21.2 Å². The van der Waals surface area contributed by atoms with E-state index in [4.69, 9.17) is 9.47 Å². The predicted molar refractivity (Wildman–Crippen MR) is 57.8 cm³/mol. The average molecular weight is 258 g/mol. The SMILES string of the molecule is CNCc1cc2c(c(C)c1Br)OCO2. The van der Waals surface area contributed by atoms with Crippen LogP contribution >= 0.6 is 15.9 Å². The summed E-state index contributed by atoms with van der Waals surface area (Å²) in [5.74, 6) is 1.70. The second-order valence-electron chi connectivity index (χ2n) is 3.24. The molecule has 0 aliphatic carbocycles. The van der Waals surface area contributed by atoms with Gasteiger partial charge in [0.2, 0.25) is 6.79 Å². The highest BCUT2D eigenvalue weighted by Gasteiger charge is 2.20. The first-order valence-electron chi connectivity index (χ1n) is 4.46. The largest absolute Gasteiger partial charge is 0.454 e. The molecular weight excluding hydrogens is 246 g/mol. The van der Waals surface area contributed by atoms with Gasteiger partial charge in [-0.25, -0.2) is 0 Å². The van der Waals surface area contributed by atoms with Crippen molar-refractivity contribution in [1.29, 1.82) is 0 Å². The molecule has 1 aromatic rings. The Hall–Kier alpha value is -0.740. The smallest absolute Gasteiger partial charge is 0.231 e. The summed E-state index contributed by atoms with van der Waals surface area (Å²) in [5.41, 5.74) is 2.29. The lowest BCUT2D eigenvalue weighted by Gasteiger charge is -2.09. The maximum atomic E-state index is 5.37. The van der Waals surface area contributed by atoms with Gasteiger partial charge in [0.15, 0.2) is 11.5 Å². The minimum absolute atomic E-state index is 0.325. The minimum atomic E-state index is 0.325. The zero-order valence-corrected chi connectivity index (χ0v) is 9.77. The summed E-state index contributed by atoms with van der Waals surface area (Å²) in [6.45, 7) is 3.17. The quantitative estimate of drug-likeness (QED) is 0.882. The van der Waals surface area contributed by atoms with Crippen molar-refractivity contribution in [1.82, 2.24) is 5.32 Å². The number of halogens is 1. The Morgan fingerprint density at radius 2 is 2.29 bits per heavy atom. The second kappa shape index (κ2) is 3.79. The molecule has 0 spiro atoms. The van der Waals surface area contributed by atoms with Crippen molar-refractivity contribution in [2.24, 2.45) is 0 Å². The molecular formula is C10H12BrNO2. The number of hydrogen-bond acceptors (Lipinski definition) is 3. The maximum Gasteiger partial charge on any atom is 0.231 e. The molecule has 0 fully saturated rings. The predicted octanol–water partition coefficient (Wildman–Crippen LogP) is 2.21. The number of fused-ring (bicyclic) bond motifs is 1. The van der Waals surface area contributed by atoms with E-state index in [9.17, 15) is 0 Å². The highest BCUT2D eigenvalue weighted by atomic mass is 79.9. The van der Waals surface area contributed by atoms with Gasteiger partial charge in [-0.1, -0.05) is 15.9 Å². The molecule has 0 amide bonds. The number of benzene rings is 1. The fourth-order valence-corrected chi connectivity index (χ4v) is 2.00. The van der Waals surface area contributed by atoms with Gasteiger partial charge in [0.25, 0.3) is 0 Å². The van der Waals surface area contributed by atoms with Crippen molar-refractivity contribution in [3.63, 3.8) is 0 Å². The summed E-state index contributed by atoms with van der Waals surface area (Å²) in [5, 5.41) is 3.12. The summed E-state index contributed by atoms with van der Waals surface area (Å²) >= 11 is 3.56. The van der Waals surface area contributed by atoms with Crippen LogP contribution in [-0.2, 0) is 6.54 Å². The molecule has 1 N–H and O–H groups in total. The van der Waals surface area contributed by atoms with Crippen LogP contribution in [0.3, 0.4) is 0 Å². The van der Waals surface area contributed by atoms with Gasteiger partial charge >= 0.3 is 0 Å². The Balaban J connectivity index is 2.49. The van der Waals surface area contributed by atoms with E-state index in [-0.39, 0.29) is 0 Å². The van der Waals surface area contributed by atoms with Crippen LogP contribution in [0.4, 0.5) is 0 Å². The molecule has 1 aliphatic rings. The van der Waals surface area contributed by atoms with E-state index in [1.54, 1.807) is 0 Å². The van der Waals surface area contributed by atoms with Crippen molar-refractivity contribution >= 4 is 15.9 Å². The molecule has 0 atom stereocenters. The van der Waals surface area contributed by atoms with E-state index >= 15 is 0 Å². The van der Waals surface area contributed by atoms with Crippen molar-refractivity contribution in [2.75, 3.05) is 13.8 Å². The van der Waals surface area contributed by atoms with E-state index in [1.807, 2.05) is 20.0 Å². The van der Waals surface area contributed by atoms with E-state index in [0.29, 0.717) is 6.79 Å². The normalized spacial score (nSPS) is 13.4. The van der Waals surface area contributed by atoms with Crippen LogP contribution in [0.1, 0.15) is 11.1 Å². The molecule has 0 saturated carbocycles. The van der Waals surface area contributed by atoms with Gasteiger partial charge in [0, 0.05) is 16.6 Å². The molecule has 1 aromatic carbocycles. The Kier molecular flexibility index (Phi) is 2.65. The first kappa shape index (κ1) is 9.80. The van der Waals surface area contributed by atoms with Crippen LogP contribution in [-0.4, -0.2) is 13.8 Å². The van der Waals surface area contributed by atoms with Gasteiger partial charge in [-0.2, -0.15) is 0 Å². The molecule has 76 valence electrons. The average Bonchev–Trinajstić information content (AvgIpc) is 2.62. The Bertz CT molecular complexity index is 366. The van der Waals surface area contributed by atoms with Gasteiger partial charge in [0.05, 0.1) is 0 Å². The van der Waals surface area contributed by atoms with Crippen molar-refractivity contribution in [2.45, 2.75) is 13.5 Å². The summed E-state index contributed by atoms with van der Waals surface area (Å²) < 4.78 is 11.8. The molecule has 0 bridgehead atoms. The summed E-state index contributed by atoms with van der Waals surface area (Å²) in [7, 11) is 1.92. The molecule has 1 heterocycles. The van der Waals surface area contributed by atoms with E-state index in [0.717, 1.165) is 28.1 Å². The van der Waals surface area contributed by atoms with Crippen LogP contribution in [0.2, 0.25) is 0 Å². The van der Waals surface area contributed by atoms with Crippen LogP contribution in [0.25, 0.3) is 0 Å². The number of nitrogens with one attached hydrogen (secondary N) is 1. The molecule has 0 unspecified atom stereocenters. The number of hydrogen-bond donors (Lipinski definition) is 1. The third-order valence-electron chi connectivity index (χ3n) is 2.27. The first-order valence-corrected chi connectivity index (χ1v) is 5.25. The summed E-state index contributed by atoms with van der Waals surface area (Å²) in [6.07, 6.45) is 0. The maximum absolute atomic E-state index is 5.37. The fraction of sp³-hybridized carbons (Fsp3) is 0.400. The molecule has 3 nitrogen and oxygen atoms in total. The molecule has 4 heteroatoms. The topological polar surface area (TPSA) is 30.5 Å². The van der Waals surface area contributed by atoms with Gasteiger partial charge in [-0.05, 0) is 25.6 Å². The van der Waals surface area contributed by atoms with Crippen LogP contribution < -0.4 is 14.8 Å². The van der Waals surface area contributed by atoms with Gasteiger partial charge in [0.1, 0.15) is 0 Å². The lowest BCUT2D eigenvalue weighted by molar-refractivity contribution is 0.173. The Labute approximate surface area is 91.5 Å². The van der Waals surface area contributed by atoms with E-state index in [1.165, 1.54) is 5.56 Å². The molecule has 1 aliphatic heterocycles. The highest BCUT2D eigenvalue weighted by molar-refractivity contribution is 9.10. The van der Waals surface area contributed by atoms with Crippen molar-refractivity contribution < 1.29 is 9.47 Å². The lowest BCUT2D eigenvalue weighted by atomic mass is 10.1. The van der Waals surface area contributed by atoms with Crippen molar-refractivity contribution in [3.05, 3.63) is 21.7 Å². The monoisotopic (exact) mass is 257 g/mol. The second-order valence-corrected chi connectivity index (χ2v) is 4.03. The number of rotatable bonds is 2. The zero-order valence-electron chi connectivity index (χ0n) is 8.19. The fourth-order valence-electron chi connectivity index (χ4n) is 1.57. The molecule has 0 radical (unpaired) electrons. The number of ether oxygens (including phenoxy) is 2. The van der Waals surface area contributed by atoms with Crippen LogP contribution in [0.5, 0.6) is 11.5 Å². The summed E-state index contributed by atoms with van der Waals surface area (Å²) in [4.78, 5) is 0. The third-order valence-corrected chi connectivity index (χ3v) is 3.37. The lowest BCUT2D eigenvalue weighted by Crippen LogP contribution is -2.06. The zero-order chi connectivity index (χ0) is 10.1. The van der Waals surface area contributed by atoms with Crippen LogP contribution in [0.15, 0.2) is 10.5 Å². The van der Waals surface area contributed by atoms with Gasteiger partial charge in [-0.15, -0.1) is 0 Å². The molecule has 14 heavy (non-hydrogen) atoms. The van der Waals surface area contributed by atoms with Crippen LogP contribution in [0, 0.1) is 6.92 Å². The van der Waals surface area contributed by atoms with Crippen molar-refractivity contribution in [3.8, 4) is 11.5 Å². The van der Waals surface area contributed by atoms with Gasteiger partial charge in [-0.3, -0.25) is 0 Å². The molecule has 0 saturated heterocycles.